The number of aromatic nitrogens is 1. The van der Waals surface area contributed by atoms with Crippen LogP contribution in [0.1, 0.15) is 6.92 Å². The molecule has 0 N–H and O–H groups in total. The summed E-state index contributed by atoms with van der Waals surface area (Å²) in [6.07, 6.45) is 4.42. The van der Waals surface area contributed by atoms with Gasteiger partial charge >= 0.3 is 0 Å². The van der Waals surface area contributed by atoms with Crippen molar-refractivity contribution in [3.8, 4) is 37.7 Å². The van der Waals surface area contributed by atoms with Gasteiger partial charge in [0.15, 0.2) is 0 Å². The number of nitrogens with zero attached hydrogens (tertiary/aromatic N) is 2. The van der Waals surface area contributed by atoms with Crippen LogP contribution in [0.25, 0.3) is 83.2 Å². The lowest BCUT2D eigenvalue weighted by molar-refractivity contribution is 0.670. The highest BCUT2D eigenvalue weighted by molar-refractivity contribution is 7.18. The van der Waals surface area contributed by atoms with Gasteiger partial charge in [-0.1, -0.05) is 134 Å². The average Bonchev–Trinajstić information content (AvgIpc) is 3.99. The van der Waals surface area contributed by atoms with Crippen LogP contribution in [-0.4, -0.2) is 4.57 Å². The van der Waals surface area contributed by atoms with Crippen molar-refractivity contribution in [2.24, 2.45) is 0 Å². The molecule has 3 aromatic heterocycles. The molecule has 4 heteroatoms. The molecule has 0 spiro atoms. The molecule has 0 fully saturated rings. The van der Waals surface area contributed by atoms with Gasteiger partial charge in [0, 0.05) is 59.5 Å². The Bertz CT molecular complexity index is 3190. The van der Waals surface area contributed by atoms with E-state index < -0.39 is 0 Å². The minimum atomic E-state index is 0.902. The highest BCUT2D eigenvalue weighted by atomic mass is 32.1. The first-order valence-electron chi connectivity index (χ1n) is 19.2. The second-order valence-electron chi connectivity index (χ2n) is 14.3. The molecular formula is C53H38N2OS. The Hall–Kier alpha value is -7.14. The Morgan fingerprint density at radius 3 is 1.86 bits per heavy atom. The van der Waals surface area contributed by atoms with Crippen molar-refractivity contribution in [3.63, 3.8) is 0 Å². The van der Waals surface area contributed by atoms with E-state index >= 15 is 0 Å². The fourth-order valence-corrected chi connectivity index (χ4v) is 8.99. The van der Waals surface area contributed by atoms with Gasteiger partial charge < -0.3 is 13.9 Å². The normalized spacial score (nSPS) is 12.2. The van der Waals surface area contributed by atoms with E-state index in [4.69, 9.17) is 4.42 Å². The Balaban J connectivity index is 1.07. The molecular weight excluding hydrogens is 713 g/mol. The maximum absolute atomic E-state index is 6.41. The molecule has 0 saturated carbocycles. The van der Waals surface area contributed by atoms with Crippen LogP contribution >= 0.6 is 11.3 Å². The Morgan fingerprint density at radius 1 is 0.561 bits per heavy atom. The topological polar surface area (TPSA) is 21.3 Å². The third kappa shape index (κ3) is 6.27. The molecule has 0 aliphatic rings. The Kier molecular flexibility index (Phi) is 8.74. The van der Waals surface area contributed by atoms with E-state index in [1.807, 2.05) is 23.5 Å². The predicted octanol–water partition coefficient (Wildman–Crippen LogP) is 13.5. The SMILES string of the molecule is C=c1/c(=C\C=C(/C)N(c2ccc(-c3ccc(-c4ccccc4)s3)cc2)c2ccc(-c3cccc4c3oc3ccccc34)cc2)n(-c2ccccc2)c2ccccc12. The molecule has 0 unspecified atom stereocenters. The summed E-state index contributed by atoms with van der Waals surface area (Å²) in [5.41, 5.74) is 11.9. The van der Waals surface area contributed by atoms with Crippen molar-refractivity contribution in [1.29, 1.82) is 0 Å². The van der Waals surface area contributed by atoms with E-state index in [1.165, 1.54) is 20.9 Å². The average molecular weight is 751 g/mol. The molecule has 0 aliphatic carbocycles. The zero-order valence-electron chi connectivity index (χ0n) is 31.5. The zero-order valence-corrected chi connectivity index (χ0v) is 32.3. The summed E-state index contributed by atoms with van der Waals surface area (Å²) in [6.45, 7) is 6.74. The monoisotopic (exact) mass is 750 g/mol. The third-order valence-electron chi connectivity index (χ3n) is 10.8. The second-order valence-corrected chi connectivity index (χ2v) is 15.3. The largest absolute Gasteiger partial charge is 0.455 e. The number of hydrogen-bond acceptors (Lipinski definition) is 3. The van der Waals surface area contributed by atoms with Crippen molar-refractivity contribution in [3.05, 3.63) is 210 Å². The summed E-state index contributed by atoms with van der Waals surface area (Å²) in [6, 6.07) is 66.5. The molecule has 0 amide bonds. The van der Waals surface area contributed by atoms with Gasteiger partial charge in [0.2, 0.25) is 0 Å². The number of allylic oxidation sites excluding steroid dienone is 2. The van der Waals surface area contributed by atoms with Crippen LogP contribution in [0.2, 0.25) is 0 Å². The number of benzene rings is 7. The lowest BCUT2D eigenvalue weighted by Gasteiger charge is -2.26. The number of rotatable bonds is 8. The van der Waals surface area contributed by atoms with Crippen LogP contribution in [0.15, 0.2) is 204 Å². The molecule has 10 rings (SSSR count). The van der Waals surface area contributed by atoms with Crippen LogP contribution in [-0.2, 0) is 0 Å². The number of fused-ring (bicyclic) bond motifs is 4. The Morgan fingerprint density at radius 2 is 1.14 bits per heavy atom. The molecule has 0 atom stereocenters. The summed E-state index contributed by atoms with van der Waals surface area (Å²) >= 11 is 1.82. The highest BCUT2D eigenvalue weighted by Crippen LogP contribution is 2.39. The van der Waals surface area contributed by atoms with E-state index in [1.54, 1.807) is 0 Å². The summed E-state index contributed by atoms with van der Waals surface area (Å²) in [7, 11) is 0. The molecule has 0 radical (unpaired) electrons. The fraction of sp³-hybridized carbons (Fsp3) is 0.0189. The molecule has 0 saturated heterocycles. The fourth-order valence-electron chi connectivity index (χ4n) is 7.98. The molecule has 3 nitrogen and oxygen atoms in total. The first-order valence-corrected chi connectivity index (χ1v) is 20.0. The van der Waals surface area contributed by atoms with Crippen LogP contribution in [0.3, 0.4) is 0 Å². The maximum atomic E-state index is 6.41. The standard InChI is InChI=1S/C53H38N2OS/c1-36(24-33-48-37(2)44-18-9-11-22-49(44)55(48)41-16-7-4-8-17-41)54(43-31-27-40(28-32-43)52-35-34-51(57-52)39-14-5-3-6-15-39)42-29-25-38(26-30-42)45-20-13-21-47-46-19-10-12-23-50(46)56-53(45)47/h3-35H,2H2,1H3/b36-24+,48-33+. The second kappa shape index (κ2) is 14.5. The van der Waals surface area contributed by atoms with Gasteiger partial charge in [-0.15, -0.1) is 11.3 Å². The van der Waals surface area contributed by atoms with Gasteiger partial charge in [-0.25, -0.2) is 0 Å². The van der Waals surface area contributed by atoms with Crippen molar-refractivity contribution in [1.82, 2.24) is 4.57 Å². The summed E-state index contributed by atoms with van der Waals surface area (Å²) in [5.74, 6) is 0. The van der Waals surface area contributed by atoms with E-state index in [-0.39, 0.29) is 0 Å². The number of anilines is 2. The van der Waals surface area contributed by atoms with Gasteiger partial charge in [0.25, 0.3) is 0 Å². The first-order chi connectivity index (χ1) is 28.1. The summed E-state index contributed by atoms with van der Waals surface area (Å²) in [5, 5.41) is 5.46. The molecule has 0 bridgehead atoms. The molecule has 7 aromatic carbocycles. The van der Waals surface area contributed by atoms with Gasteiger partial charge in [-0.2, -0.15) is 0 Å². The van der Waals surface area contributed by atoms with Crippen LogP contribution in [0.4, 0.5) is 11.4 Å². The van der Waals surface area contributed by atoms with Gasteiger partial charge in [-0.3, -0.25) is 0 Å². The van der Waals surface area contributed by atoms with E-state index in [0.717, 1.165) is 77.3 Å². The highest BCUT2D eigenvalue weighted by Gasteiger charge is 2.16. The van der Waals surface area contributed by atoms with Crippen LogP contribution < -0.4 is 15.5 Å². The number of furan rings is 1. The van der Waals surface area contributed by atoms with Crippen LogP contribution in [0, 0.1) is 0 Å². The van der Waals surface area contributed by atoms with E-state index in [0.29, 0.717) is 0 Å². The third-order valence-corrected chi connectivity index (χ3v) is 12.0. The maximum Gasteiger partial charge on any atom is 0.143 e. The molecule has 272 valence electrons. The molecule has 57 heavy (non-hydrogen) atoms. The quantitative estimate of drug-likeness (QED) is 0.154. The van der Waals surface area contributed by atoms with Crippen molar-refractivity contribution in [2.45, 2.75) is 6.92 Å². The Labute approximate surface area is 335 Å². The first kappa shape index (κ1) is 34.4. The van der Waals surface area contributed by atoms with E-state index in [9.17, 15) is 0 Å². The zero-order chi connectivity index (χ0) is 38.3. The van der Waals surface area contributed by atoms with Gasteiger partial charge in [0.05, 0.1) is 10.9 Å². The smallest absolute Gasteiger partial charge is 0.143 e. The van der Waals surface area contributed by atoms with Crippen LogP contribution in [0.5, 0.6) is 0 Å². The summed E-state index contributed by atoms with van der Waals surface area (Å²) < 4.78 is 8.72. The van der Waals surface area contributed by atoms with Crippen molar-refractivity contribution >= 4 is 68.2 Å². The lowest BCUT2D eigenvalue weighted by Crippen LogP contribution is -2.27. The predicted molar refractivity (Wildman–Crippen MR) is 243 cm³/mol. The molecule has 10 aromatic rings. The van der Waals surface area contributed by atoms with E-state index in [2.05, 4.69) is 211 Å². The van der Waals surface area contributed by atoms with Gasteiger partial charge in [-0.05, 0) is 96.4 Å². The number of thiophene rings is 1. The number of para-hydroxylation sites is 4. The van der Waals surface area contributed by atoms with Crippen molar-refractivity contribution < 1.29 is 4.42 Å². The molecule has 0 aliphatic heterocycles. The minimum absolute atomic E-state index is 0.902. The van der Waals surface area contributed by atoms with Gasteiger partial charge in [0.1, 0.15) is 11.2 Å². The lowest BCUT2D eigenvalue weighted by atomic mass is 10.0. The number of hydrogen-bond donors (Lipinski definition) is 0. The van der Waals surface area contributed by atoms with Crippen molar-refractivity contribution in [2.75, 3.05) is 4.90 Å². The minimum Gasteiger partial charge on any atom is -0.455 e. The summed E-state index contributed by atoms with van der Waals surface area (Å²) in [4.78, 5) is 4.84. The molecule has 3 heterocycles.